The van der Waals surface area contributed by atoms with Crippen LogP contribution >= 0.6 is 0 Å². The maximum atomic E-state index is 12.8. The number of carbonyl (C=O) groups is 3. The Balaban J connectivity index is 1.47. The number of nitrogens with zero attached hydrogens (tertiary/aromatic N) is 3. The van der Waals surface area contributed by atoms with E-state index in [-0.39, 0.29) is 30.3 Å². The van der Waals surface area contributed by atoms with Gasteiger partial charge in [0.25, 0.3) is 5.91 Å². The summed E-state index contributed by atoms with van der Waals surface area (Å²) in [6.07, 6.45) is 1.48. The van der Waals surface area contributed by atoms with Crippen LogP contribution < -0.4 is 5.32 Å². The van der Waals surface area contributed by atoms with E-state index in [9.17, 15) is 14.4 Å². The van der Waals surface area contributed by atoms with E-state index in [4.69, 9.17) is 4.42 Å². The number of hydrogen-bond acceptors (Lipinski definition) is 5. The fourth-order valence-corrected chi connectivity index (χ4v) is 3.47. The first-order chi connectivity index (χ1) is 14.3. The molecule has 1 aliphatic rings. The van der Waals surface area contributed by atoms with Crippen LogP contribution in [0.25, 0.3) is 0 Å². The fraction of sp³-hybridized carbons (Fsp3) is 0.409. The number of nitrogens with one attached hydrogen (secondary N) is 1. The number of benzene rings is 1. The van der Waals surface area contributed by atoms with E-state index in [0.717, 1.165) is 5.56 Å². The van der Waals surface area contributed by atoms with Crippen molar-refractivity contribution in [3.63, 3.8) is 0 Å². The van der Waals surface area contributed by atoms with Crippen molar-refractivity contribution in [2.75, 3.05) is 45.1 Å². The fourth-order valence-electron chi connectivity index (χ4n) is 3.47. The number of rotatable bonds is 6. The lowest BCUT2D eigenvalue weighted by Crippen LogP contribution is -2.55. The third kappa shape index (κ3) is 5.27. The SMILES string of the molecule is Cc1ccc(NC(=O)CN(C)C(=O)[C@H](C)N2CCN(C(=O)c3ccco3)CC2)cc1. The molecule has 1 aliphatic heterocycles. The topological polar surface area (TPSA) is 86.1 Å². The highest BCUT2D eigenvalue weighted by atomic mass is 16.3. The lowest BCUT2D eigenvalue weighted by atomic mass is 10.2. The van der Waals surface area contributed by atoms with Crippen molar-refractivity contribution in [1.29, 1.82) is 0 Å². The number of amides is 3. The monoisotopic (exact) mass is 412 g/mol. The van der Waals surface area contributed by atoms with Gasteiger partial charge in [0.15, 0.2) is 5.76 Å². The van der Waals surface area contributed by atoms with Crippen LogP contribution in [0.4, 0.5) is 5.69 Å². The van der Waals surface area contributed by atoms with E-state index in [0.29, 0.717) is 37.6 Å². The summed E-state index contributed by atoms with van der Waals surface area (Å²) in [4.78, 5) is 42.6. The van der Waals surface area contributed by atoms with Crippen LogP contribution in [-0.2, 0) is 9.59 Å². The Morgan fingerprint density at radius 2 is 1.77 bits per heavy atom. The van der Waals surface area contributed by atoms with Crippen LogP contribution in [-0.4, -0.2) is 78.2 Å². The number of likely N-dealkylation sites (N-methyl/N-ethyl adjacent to an activating group) is 1. The zero-order chi connectivity index (χ0) is 21.7. The second-order valence-electron chi connectivity index (χ2n) is 7.59. The molecule has 2 heterocycles. The van der Waals surface area contributed by atoms with Crippen LogP contribution in [0, 0.1) is 6.92 Å². The van der Waals surface area contributed by atoms with Gasteiger partial charge in [-0.3, -0.25) is 19.3 Å². The first-order valence-corrected chi connectivity index (χ1v) is 10.0. The smallest absolute Gasteiger partial charge is 0.289 e. The minimum Gasteiger partial charge on any atom is -0.459 e. The predicted octanol–water partition coefficient (Wildman–Crippen LogP) is 1.83. The van der Waals surface area contributed by atoms with Crippen LogP contribution in [0.3, 0.4) is 0 Å². The molecule has 1 atom stereocenters. The zero-order valence-electron chi connectivity index (χ0n) is 17.6. The summed E-state index contributed by atoms with van der Waals surface area (Å²) in [6, 6.07) is 10.5. The van der Waals surface area contributed by atoms with E-state index in [1.165, 1.54) is 11.2 Å². The van der Waals surface area contributed by atoms with Crippen LogP contribution in [0.1, 0.15) is 23.0 Å². The first-order valence-electron chi connectivity index (χ1n) is 10.0. The normalized spacial score (nSPS) is 15.5. The van der Waals surface area contributed by atoms with Crippen LogP contribution in [0.15, 0.2) is 47.1 Å². The summed E-state index contributed by atoms with van der Waals surface area (Å²) in [6.45, 7) is 6.01. The Morgan fingerprint density at radius 3 is 2.37 bits per heavy atom. The summed E-state index contributed by atoms with van der Waals surface area (Å²) in [5.41, 5.74) is 1.82. The molecule has 160 valence electrons. The molecule has 3 amide bonds. The van der Waals surface area contributed by atoms with Crippen molar-refractivity contribution in [2.45, 2.75) is 19.9 Å². The largest absolute Gasteiger partial charge is 0.459 e. The summed E-state index contributed by atoms with van der Waals surface area (Å²) in [7, 11) is 1.63. The molecule has 2 aromatic rings. The second-order valence-corrected chi connectivity index (χ2v) is 7.59. The molecule has 0 saturated carbocycles. The van der Waals surface area contributed by atoms with E-state index in [2.05, 4.69) is 5.32 Å². The third-order valence-electron chi connectivity index (χ3n) is 5.33. The van der Waals surface area contributed by atoms with Crippen molar-refractivity contribution in [2.24, 2.45) is 0 Å². The van der Waals surface area contributed by atoms with Gasteiger partial charge in [-0.1, -0.05) is 17.7 Å². The summed E-state index contributed by atoms with van der Waals surface area (Å²) in [5, 5.41) is 2.81. The van der Waals surface area contributed by atoms with Gasteiger partial charge in [0.2, 0.25) is 11.8 Å². The van der Waals surface area contributed by atoms with Gasteiger partial charge in [0.1, 0.15) is 0 Å². The molecule has 0 radical (unpaired) electrons. The van der Waals surface area contributed by atoms with Gasteiger partial charge in [-0.25, -0.2) is 0 Å². The summed E-state index contributed by atoms with van der Waals surface area (Å²) >= 11 is 0. The van der Waals surface area contributed by atoms with Crippen molar-refractivity contribution >= 4 is 23.4 Å². The number of anilines is 1. The molecular weight excluding hydrogens is 384 g/mol. The van der Waals surface area contributed by atoms with Crippen molar-refractivity contribution in [1.82, 2.24) is 14.7 Å². The molecule has 1 saturated heterocycles. The van der Waals surface area contributed by atoms with E-state index in [1.807, 2.05) is 43.0 Å². The molecule has 30 heavy (non-hydrogen) atoms. The Kier molecular flexibility index (Phi) is 6.89. The maximum Gasteiger partial charge on any atom is 0.289 e. The van der Waals surface area contributed by atoms with E-state index >= 15 is 0 Å². The first kappa shape index (κ1) is 21.6. The molecule has 0 bridgehead atoms. The average Bonchev–Trinajstić information content (AvgIpc) is 3.28. The standard InChI is InChI=1S/C22H28N4O4/c1-16-6-8-18(9-7-16)23-20(27)15-24(3)21(28)17(2)25-10-12-26(13-11-25)22(29)19-5-4-14-30-19/h4-9,14,17H,10-13,15H2,1-3H3,(H,23,27)/t17-/m0/s1. The lowest BCUT2D eigenvalue weighted by molar-refractivity contribution is -0.138. The van der Waals surface area contributed by atoms with Gasteiger partial charge in [0.05, 0.1) is 18.8 Å². The summed E-state index contributed by atoms with van der Waals surface area (Å²) in [5.74, 6) is -0.175. The van der Waals surface area contributed by atoms with Gasteiger partial charge in [-0.05, 0) is 38.1 Å². The van der Waals surface area contributed by atoms with Gasteiger partial charge < -0.3 is 19.5 Å². The quantitative estimate of drug-likeness (QED) is 0.782. The number of aryl methyl sites for hydroxylation is 1. The molecule has 8 nitrogen and oxygen atoms in total. The minimum absolute atomic E-state index is 0.0198. The average molecular weight is 412 g/mol. The Morgan fingerprint density at radius 1 is 1.10 bits per heavy atom. The molecule has 8 heteroatoms. The molecule has 1 fully saturated rings. The Hall–Kier alpha value is -3.13. The lowest BCUT2D eigenvalue weighted by Gasteiger charge is -2.38. The molecule has 0 spiro atoms. The molecule has 0 unspecified atom stereocenters. The number of carbonyl (C=O) groups excluding carboxylic acids is 3. The number of piperazine rings is 1. The maximum absolute atomic E-state index is 12.8. The van der Waals surface area contributed by atoms with Gasteiger partial charge in [-0.2, -0.15) is 0 Å². The highest BCUT2D eigenvalue weighted by Crippen LogP contribution is 2.13. The van der Waals surface area contributed by atoms with Crippen molar-refractivity contribution in [3.05, 3.63) is 54.0 Å². The van der Waals surface area contributed by atoms with Crippen LogP contribution in [0.5, 0.6) is 0 Å². The minimum atomic E-state index is -0.372. The molecule has 1 N–H and O–H groups in total. The van der Waals surface area contributed by atoms with Crippen molar-refractivity contribution in [3.8, 4) is 0 Å². The predicted molar refractivity (Wildman–Crippen MR) is 113 cm³/mol. The van der Waals surface area contributed by atoms with Crippen LogP contribution in [0.2, 0.25) is 0 Å². The Bertz CT molecular complexity index is 871. The summed E-state index contributed by atoms with van der Waals surface area (Å²) < 4.78 is 5.17. The third-order valence-corrected chi connectivity index (χ3v) is 5.33. The van der Waals surface area contributed by atoms with E-state index in [1.54, 1.807) is 24.1 Å². The molecule has 1 aromatic heterocycles. The van der Waals surface area contributed by atoms with Crippen molar-refractivity contribution < 1.29 is 18.8 Å². The van der Waals surface area contributed by atoms with Gasteiger partial charge in [-0.15, -0.1) is 0 Å². The molecule has 0 aliphatic carbocycles. The number of hydrogen-bond donors (Lipinski definition) is 1. The molecule has 1 aromatic carbocycles. The second kappa shape index (κ2) is 9.58. The Labute approximate surface area is 176 Å². The zero-order valence-corrected chi connectivity index (χ0v) is 17.6. The van der Waals surface area contributed by atoms with Gasteiger partial charge >= 0.3 is 0 Å². The van der Waals surface area contributed by atoms with Gasteiger partial charge in [0, 0.05) is 38.9 Å². The molecular formula is C22H28N4O4. The van der Waals surface area contributed by atoms with E-state index < -0.39 is 0 Å². The highest BCUT2D eigenvalue weighted by molar-refractivity contribution is 5.95. The molecule has 3 rings (SSSR count). The number of furan rings is 1. The highest BCUT2D eigenvalue weighted by Gasteiger charge is 2.30.